The van der Waals surface area contributed by atoms with Crippen molar-refractivity contribution >= 4 is 27.0 Å². The van der Waals surface area contributed by atoms with Crippen molar-refractivity contribution in [2.75, 3.05) is 5.32 Å². The maximum absolute atomic E-state index is 11.5. The summed E-state index contributed by atoms with van der Waals surface area (Å²) in [6.45, 7) is 3.86. The number of benzene rings is 1. The Morgan fingerprint density at radius 3 is 2.60 bits per heavy atom. The summed E-state index contributed by atoms with van der Waals surface area (Å²) in [4.78, 5) is 1.40. The topological polar surface area (TPSA) is 72.2 Å². The Morgan fingerprint density at radius 2 is 2.05 bits per heavy atom. The number of sulfonamides is 1. The van der Waals surface area contributed by atoms with Crippen LogP contribution in [0.4, 0.5) is 5.69 Å². The van der Waals surface area contributed by atoms with Crippen molar-refractivity contribution in [2.45, 2.75) is 31.2 Å². The largest absolute Gasteiger partial charge is 0.377 e. The van der Waals surface area contributed by atoms with Crippen LogP contribution in [0.5, 0.6) is 0 Å². The Morgan fingerprint density at radius 1 is 1.30 bits per heavy atom. The molecule has 3 N–H and O–H groups in total. The van der Waals surface area contributed by atoms with Gasteiger partial charge in [0, 0.05) is 10.6 Å². The zero-order valence-corrected chi connectivity index (χ0v) is 13.1. The Balaban J connectivity index is 2.35. The van der Waals surface area contributed by atoms with E-state index in [2.05, 4.69) is 18.3 Å². The number of thiophene rings is 1. The molecule has 0 spiro atoms. The normalized spacial score (nSPS) is 13.2. The fraction of sp³-hybridized carbons (Fsp3) is 0.286. The van der Waals surface area contributed by atoms with Gasteiger partial charge in [-0.2, -0.15) is 0 Å². The van der Waals surface area contributed by atoms with Crippen molar-refractivity contribution in [3.05, 3.63) is 46.2 Å². The maximum Gasteiger partial charge on any atom is 0.238 e. The highest BCUT2D eigenvalue weighted by Crippen LogP contribution is 2.29. The second kappa shape index (κ2) is 5.95. The highest BCUT2D eigenvalue weighted by atomic mass is 32.2. The predicted molar refractivity (Wildman–Crippen MR) is 83.5 cm³/mol. The molecular formula is C14H18N2O2S2. The third-order valence-electron chi connectivity index (χ3n) is 3.22. The van der Waals surface area contributed by atoms with Gasteiger partial charge in [0.2, 0.25) is 10.0 Å². The van der Waals surface area contributed by atoms with Gasteiger partial charge in [0.25, 0.3) is 0 Å². The van der Waals surface area contributed by atoms with Crippen LogP contribution in [0.1, 0.15) is 29.8 Å². The van der Waals surface area contributed by atoms with Gasteiger partial charge in [-0.25, -0.2) is 13.6 Å². The minimum Gasteiger partial charge on any atom is -0.377 e. The zero-order chi connectivity index (χ0) is 14.8. The lowest BCUT2D eigenvalue weighted by atomic mass is 10.1. The van der Waals surface area contributed by atoms with Gasteiger partial charge in [0.05, 0.1) is 10.9 Å². The van der Waals surface area contributed by atoms with E-state index >= 15 is 0 Å². The number of nitrogens with one attached hydrogen (secondary N) is 1. The van der Waals surface area contributed by atoms with Gasteiger partial charge in [-0.15, -0.1) is 11.3 Å². The minimum atomic E-state index is -3.69. The molecule has 1 atom stereocenters. The molecule has 0 amide bonds. The van der Waals surface area contributed by atoms with E-state index in [0.717, 1.165) is 12.1 Å². The second-order valence-electron chi connectivity index (χ2n) is 4.59. The zero-order valence-electron chi connectivity index (χ0n) is 11.5. The first-order valence-electron chi connectivity index (χ1n) is 6.36. The highest BCUT2D eigenvalue weighted by Gasteiger charge is 2.16. The Kier molecular flexibility index (Phi) is 4.47. The first kappa shape index (κ1) is 15.0. The lowest BCUT2D eigenvalue weighted by molar-refractivity contribution is 0.597. The van der Waals surface area contributed by atoms with Crippen LogP contribution in [-0.4, -0.2) is 8.42 Å². The van der Waals surface area contributed by atoms with Crippen molar-refractivity contribution < 1.29 is 8.42 Å². The van der Waals surface area contributed by atoms with Gasteiger partial charge in [-0.1, -0.05) is 19.1 Å². The molecule has 0 fully saturated rings. The van der Waals surface area contributed by atoms with Gasteiger partial charge in [0.15, 0.2) is 0 Å². The molecule has 0 aliphatic carbocycles. The molecular weight excluding hydrogens is 292 g/mol. The number of nitrogens with two attached hydrogens (primary N) is 1. The molecule has 1 heterocycles. The standard InChI is InChI=1S/C14H18N2O2S2/c1-3-11(13-7-5-9-19-13)16-12-6-4-8-14(10(12)2)20(15,17)18/h4-9,11,16H,3H2,1-2H3,(H2,15,17,18). The molecule has 0 radical (unpaired) electrons. The Labute approximate surface area is 123 Å². The van der Waals surface area contributed by atoms with Gasteiger partial charge >= 0.3 is 0 Å². The molecule has 0 aliphatic rings. The average molecular weight is 310 g/mol. The van der Waals surface area contributed by atoms with Crippen LogP contribution in [-0.2, 0) is 10.0 Å². The van der Waals surface area contributed by atoms with Crippen molar-refractivity contribution in [3.8, 4) is 0 Å². The van der Waals surface area contributed by atoms with E-state index in [1.807, 2.05) is 17.5 Å². The van der Waals surface area contributed by atoms with E-state index in [1.54, 1.807) is 24.3 Å². The first-order valence-corrected chi connectivity index (χ1v) is 8.78. The molecule has 2 aromatic rings. The Hall–Kier alpha value is -1.37. The number of primary sulfonamides is 1. The molecule has 0 aliphatic heterocycles. The first-order chi connectivity index (χ1) is 9.43. The number of anilines is 1. The number of hydrogen-bond donors (Lipinski definition) is 2. The third-order valence-corrected chi connectivity index (χ3v) is 5.26. The van der Waals surface area contributed by atoms with Crippen LogP contribution < -0.4 is 10.5 Å². The summed E-state index contributed by atoms with van der Waals surface area (Å²) in [6, 6.07) is 9.37. The third kappa shape index (κ3) is 3.20. The van der Waals surface area contributed by atoms with Crippen LogP contribution in [0.25, 0.3) is 0 Å². The molecule has 2 rings (SSSR count). The smallest absolute Gasteiger partial charge is 0.238 e. The second-order valence-corrected chi connectivity index (χ2v) is 7.10. The molecule has 20 heavy (non-hydrogen) atoms. The van der Waals surface area contributed by atoms with Crippen LogP contribution in [0, 0.1) is 6.92 Å². The van der Waals surface area contributed by atoms with E-state index in [4.69, 9.17) is 5.14 Å². The molecule has 1 unspecified atom stereocenters. The van der Waals surface area contributed by atoms with Gasteiger partial charge in [0.1, 0.15) is 0 Å². The lowest BCUT2D eigenvalue weighted by Crippen LogP contribution is -2.15. The van der Waals surface area contributed by atoms with Crippen LogP contribution in [0.2, 0.25) is 0 Å². The summed E-state index contributed by atoms with van der Waals surface area (Å²) in [7, 11) is -3.69. The van der Waals surface area contributed by atoms with Crippen molar-refractivity contribution in [2.24, 2.45) is 5.14 Å². The van der Waals surface area contributed by atoms with E-state index in [-0.39, 0.29) is 10.9 Å². The molecule has 108 valence electrons. The molecule has 0 bridgehead atoms. The maximum atomic E-state index is 11.5. The van der Waals surface area contributed by atoms with Crippen molar-refractivity contribution in [3.63, 3.8) is 0 Å². The van der Waals surface area contributed by atoms with Crippen LogP contribution >= 0.6 is 11.3 Å². The molecule has 1 aromatic carbocycles. The molecule has 1 aromatic heterocycles. The molecule has 0 saturated carbocycles. The summed E-state index contributed by atoms with van der Waals surface area (Å²) in [5, 5.41) is 10.7. The average Bonchev–Trinajstić information content (AvgIpc) is 2.90. The van der Waals surface area contributed by atoms with Crippen LogP contribution in [0.15, 0.2) is 40.6 Å². The number of rotatable bonds is 5. The molecule has 6 heteroatoms. The summed E-state index contributed by atoms with van der Waals surface area (Å²) < 4.78 is 23.1. The summed E-state index contributed by atoms with van der Waals surface area (Å²) in [6.07, 6.45) is 0.916. The molecule has 4 nitrogen and oxygen atoms in total. The highest BCUT2D eigenvalue weighted by molar-refractivity contribution is 7.89. The SMILES string of the molecule is CCC(Nc1cccc(S(N)(=O)=O)c1C)c1cccs1. The monoisotopic (exact) mass is 310 g/mol. The Bertz CT molecular complexity index is 679. The van der Waals surface area contributed by atoms with Crippen molar-refractivity contribution in [1.82, 2.24) is 0 Å². The number of hydrogen-bond acceptors (Lipinski definition) is 4. The van der Waals surface area contributed by atoms with E-state index in [0.29, 0.717) is 5.56 Å². The summed E-state index contributed by atoms with van der Waals surface area (Å²) in [5.74, 6) is 0. The lowest BCUT2D eigenvalue weighted by Gasteiger charge is -2.19. The molecule has 0 saturated heterocycles. The minimum absolute atomic E-state index is 0.170. The van der Waals surface area contributed by atoms with Gasteiger partial charge in [-0.05, 0) is 42.5 Å². The summed E-state index contributed by atoms with van der Waals surface area (Å²) >= 11 is 1.69. The van der Waals surface area contributed by atoms with E-state index in [1.165, 1.54) is 10.9 Å². The van der Waals surface area contributed by atoms with Gasteiger partial charge in [-0.3, -0.25) is 0 Å². The van der Waals surface area contributed by atoms with Crippen molar-refractivity contribution in [1.29, 1.82) is 0 Å². The summed E-state index contributed by atoms with van der Waals surface area (Å²) in [5.41, 5.74) is 1.46. The quantitative estimate of drug-likeness (QED) is 0.890. The van der Waals surface area contributed by atoms with Crippen LogP contribution in [0.3, 0.4) is 0 Å². The fourth-order valence-electron chi connectivity index (χ4n) is 2.13. The predicted octanol–water partition coefficient (Wildman–Crippen LogP) is 3.27. The fourth-order valence-corrected chi connectivity index (χ4v) is 3.80. The van der Waals surface area contributed by atoms with E-state index < -0.39 is 10.0 Å². The van der Waals surface area contributed by atoms with Gasteiger partial charge < -0.3 is 5.32 Å². The van der Waals surface area contributed by atoms with E-state index in [9.17, 15) is 8.42 Å².